The second-order valence-electron chi connectivity index (χ2n) is 3.84. The number of hydrogen-bond donors (Lipinski definition) is 0. The van der Waals surface area contributed by atoms with E-state index >= 15 is 0 Å². The Balaban J connectivity index is 1.97. The minimum Gasteiger partial charge on any atom is -0.237 e. The molecule has 88 valence electrons. The average molecular weight is 239 g/mol. The van der Waals surface area contributed by atoms with Crippen LogP contribution in [0.1, 0.15) is 0 Å². The van der Waals surface area contributed by atoms with Crippen molar-refractivity contribution < 1.29 is 4.39 Å². The highest BCUT2D eigenvalue weighted by Gasteiger charge is 2.04. The number of benzene rings is 1. The van der Waals surface area contributed by atoms with Crippen molar-refractivity contribution in [2.24, 2.45) is 0 Å². The predicted molar refractivity (Wildman–Crippen MR) is 66.8 cm³/mol. The summed E-state index contributed by atoms with van der Waals surface area (Å²) in [5.74, 6) is 0.508. The molecule has 0 unspecified atom stereocenters. The number of hydrogen-bond acceptors (Lipinski definition) is 2. The highest BCUT2D eigenvalue weighted by Crippen LogP contribution is 2.18. The van der Waals surface area contributed by atoms with Gasteiger partial charge in [0.25, 0.3) is 0 Å². The third-order valence-corrected chi connectivity index (χ3v) is 2.61. The molecule has 0 aliphatic rings. The summed E-state index contributed by atoms with van der Waals surface area (Å²) >= 11 is 0. The lowest BCUT2D eigenvalue weighted by atomic mass is 10.1. The highest BCUT2D eigenvalue weighted by molar-refractivity contribution is 5.58. The van der Waals surface area contributed by atoms with Gasteiger partial charge in [0.15, 0.2) is 5.82 Å². The zero-order chi connectivity index (χ0) is 12.4. The molecule has 0 saturated carbocycles. The molecule has 18 heavy (non-hydrogen) atoms. The van der Waals surface area contributed by atoms with Gasteiger partial charge in [0, 0.05) is 18.0 Å². The van der Waals surface area contributed by atoms with Crippen molar-refractivity contribution in [1.29, 1.82) is 0 Å². The third-order valence-electron chi connectivity index (χ3n) is 2.61. The molecule has 3 rings (SSSR count). The monoisotopic (exact) mass is 239 g/mol. The van der Waals surface area contributed by atoms with Crippen LogP contribution < -0.4 is 0 Å². The quantitative estimate of drug-likeness (QED) is 0.688. The summed E-state index contributed by atoms with van der Waals surface area (Å²) < 4.78 is 14.5. The van der Waals surface area contributed by atoms with E-state index in [0.29, 0.717) is 0 Å². The SMILES string of the molecule is Fc1ccc(-c2ccn(-c3ccccn3)n2)cc1. The summed E-state index contributed by atoms with van der Waals surface area (Å²) in [6.07, 6.45) is 3.55. The Morgan fingerprint density at radius 1 is 0.944 bits per heavy atom. The average Bonchev–Trinajstić information content (AvgIpc) is 2.90. The van der Waals surface area contributed by atoms with Gasteiger partial charge in [0.1, 0.15) is 5.82 Å². The van der Waals surface area contributed by atoms with E-state index in [1.54, 1.807) is 23.0 Å². The molecule has 3 aromatic rings. The van der Waals surface area contributed by atoms with Crippen molar-refractivity contribution in [1.82, 2.24) is 14.8 Å². The Hall–Kier alpha value is -2.49. The number of aromatic nitrogens is 3. The van der Waals surface area contributed by atoms with E-state index in [1.807, 2.05) is 30.5 Å². The van der Waals surface area contributed by atoms with Crippen LogP contribution in [0.2, 0.25) is 0 Å². The van der Waals surface area contributed by atoms with E-state index in [9.17, 15) is 4.39 Å². The smallest absolute Gasteiger partial charge is 0.153 e. The molecule has 0 aliphatic carbocycles. The van der Waals surface area contributed by atoms with E-state index in [0.717, 1.165) is 17.1 Å². The zero-order valence-electron chi connectivity index (χ0n) is 9.49. The molecular formula is C14H10FN3. The number of halogens is 1. The zero-order valence-corrected chi connectivity index (χ0v) is 9.49. The lowest BCUT2D eigenvalue weighted by molar-refractivity contribution is 0.628. The second-order valence-corrected chi connectivity index (χ2v) is 3.84. The van der Waals surface area contributed by atoms with Crippen LogP contribution in [0.5, 0.6) is 0 Å². The lowest BCUT2D eigenvalue weighted by Gasteiger charge is -1.99. The molecule has 0 atom stereocenters. The van der Waals surface area contributed by atoms with Crippen LogP contribution in [0.25, 0.3) is 17.1 Å². The van der Waals surface area contributed by atoms with Gasteiger partial charge in [-0.15, -0.1) is 0 Å². The van der Waals surface area contributed by atoms with Gasteiger partial charge in [-0.05, 0) is 42.5 Å². The van der Waals surface area contributed by atoms with Crippen LogP contribution in [0.3, 0.4) is 0 Å². The van der Waals surface area contributed by atoms with Crippen molar-refractivity contribution in [3.63, 3.8) is 0 Å². The van der Waals surface area contributed by atoms with Gasteiger partial charge in [0.05, 0.1) is 5.69 Å². The predicted octanol–water partition coefficient (Wildman–Crippen LogP) is 3.07. The van der Waals surface area contributed by atoms with Crippen LogP contribution in [-0.2, 0) is 0 Å². The van der Waals surface area contributed by atoms with Crippen LogP contribution in [0.15, 0.2) is 60.9 Å². The lowest BCUT2D eigenvalue weighted by Crippen LogP contribution is -1.97. The molecule has 0 spiro atoms. The standard InChI is InChI=1S/C14H10FN3/c15-12-6-4-11(5-7-12)13-8-10-18(17-13)14-3-1-2-9-16-14/h1-10H. The Kier molecular flexibility index (Phi) is 2.61. The normalized spacial score (nSPS) is 10.5. The molecule has 0 amide bonds. The Labute approximate surface area is 104 Å². The van der Waals surface area contributed by atoms with Crippen LogP contribution in [-0.4, -0.2) is 14.8 Å². The Morgan fingerprint density at radius 2 is 1.78 bits per heavy atom. The Morgan fingerprint density at radius 3 is 2.50 bits per heavy atom. The number of pyridine rings is 1. The number of nitrogens with zero attached hydrogens (tertiary/aromatic N) is 3. The molecule has 0 bridgehead atoms. The first-order valence-electron chi connectivity index (χ1n) is 5.56. The highest BCUT2D eigenvalue weighted by atomic mass is 19.1. The van der Waals surface area contributed by atoms with E-state index in [1.165, 1.54) is 12.1 Å². The largest absolute Gasteiger partial charge is 0.237 e. The van der Waals surface area contributed by atoms with Gasteiger partial charge in [-0.1, -0.05) is 6.07 Å². The van der Waals surface area contributed by atoms with Crippen molar-refractivity contribution in [3.8, 4) is 17.1 Å². The van der Waals surface area contributed by atoms with Gasteiger partial charge < -0.3 is 0 Å². The molecule has 0 N–H and O–H groups in total. The molecule has 0 aliphatic heterocycles. The van der Waals surface area contributed by atoms with Crippen molar-refractivity contribution in [2.75, 3.05) is 0 Å². The minimum absolute atomic E-state index is 0.247. The fraction of sp³-hybridized carbons (Fsp3) is 0. The summed E-state index contributed by atoms with van der Waals surface area (Å²) in [5, 5.41) is 4.41. The topological polar surface area (TPSA) is 30.7 Å². The van der Waals surface area contributed by atoms with E-state index in [4.69, 9.17) is 0 Å². The first kappa shape index (κ1) is 10.7. The maximum absolute atomic E-state index is 12.8. The summed E-state index contributed by atoms with van der Waals surface area (Å²) in [6, 6.07) is 13.8. The maximum atomic E-state index is 12.8. The van der Waals surface area contributed by atoms with Crippen molar-refractivity contribution in [2.45, 2.75) is 0 Å². The summed E-state index contributed by atoms with van der Waals surface area (Å²) in [7, 11) is 0. The molecular weight excluding hydrogens is 229 g/mol. The maximum Gasteiger partial charge on any atom is 0.153 e. The van der Waals surface area contributed by atoms with Gasteiger partial charge >= 0.3 is 0 Å². The number of rotatable bonds is 2. The molecule has 0 radical (unpaired) electrons. The first-order chi connectivity index (χ1) is 8.83. The van der Waals surface area contributed by atoms with Gasteiger partial charge in [-0.3, -0.25) is 0 Å². The fourth-order valence-corrected chi connectivity index (χ4v) is 1.72. The summed E-state index contributed by atoms with van der Waals surface area (Å²) in [5.41, 5.74) is 1.67. The van der Waals surface area contributed by atoms with Crippen LogP contribution in [0, 0.1) is 5.82 Å². The third kappa shape index (κ3) is 2.00. The molecule has 1 aromatic carbocycles. The Bertz CT molecular complexity index is 644. The van der Waals surface area contributed by atoms with Gasteiger partial charge in [-0.25, -0.2) is 14.1 Å². The van der Waals surface area contributed by atoms with E-state index in [-0.39, 0.29) is 5.82 Å². The molecule has 3 nitrogen and oxygen atoms in total. The fourth-order valence-electron chi connectivity index (χ4n) is 1.72. The summed E-state index contributed by atoms with van der Waals surface area (Å²) in [4.78, 5) is 4.21. The van der Waals surface area contributed by atoms with Crippen molar-refractivity contribution >= 4 is 0 Å². The molecule has 0 saturated heterocycles. The van der Waals surface area contributed by atoms with Gasteiger partial charge in [0.2, 0.25) is 0 Å². The van der Waals surface area contributed by atoms with Crippen LogP contribution >= 0.6 is 0 Å². The molecule has 2 aromatic heterocycles. The minimum atomic E-state index is -0.247. The first-order valence-corrected chi connectivity index (χ1v) is 5.56. The van der Waals surface area contributed by atoms with Crippen LogP contribution in [0.4, 0.5) is 4.39 Å². The van der Waals surface area contributed by atoms with E-state index in [2.05, 4.69) is 10.1 Å². The molecule has 4 heteroatoms. The molecule has 0 fully saturated rings. The second kappa shape index (κ2) is 4.41. The van der Waals surface area contributed by atoms with Crippen molar-refractivity contribution in [3.05, 3.63) is 66.7 Å². The molecule has 2 heterocycles. The van der Waals surface area contributed by atoms with Gasteiger partial charge in [-0.2, -0.15) is 5.10 Å². The van der Waals surface area contributed by atoms with E-state index < -0.39 is 0 Å². The summed E-state index contributed by atoms with van der Waals surface area (Å²) in [6.45, 7) is 0.